The fourth-order valence-corrected chi connectivity index (χ4v) is 2.53. The van der Waals surface area contributed by atoms with Gasteiger partial charge in [0.05, 0.1) is 0 Å². The fourth-order valence-electron chi connectivity index (χ4n) is 2.53. The molecule has 0 heterocycles. The van der Waals surface area contributed by atoms with E-state index >= 15 is 0 Å². The molecule has 0 saturated carbocycles. The van der Waals surface area contributed by atoms with Gasteiger partial charge in [-0.15, -0.1) is 0 Å². The van der Waals surface area contributed by atoms with Crippen molar-refractivity contribution in [2.75, 3.05) is 0 Å². The number of hydrogen-bond acceptors (Lipinski definition) is 4. The summed E-state index contributed by atoms with van der Waals surface area (Å²) in [5.41, 5.74) is 2.44. The zero-order valence-corrected chi connectivity index (χ0v) is 15.2. The lowest BCUT2D eigenvalue weighted by Gasteiger charge is -2.15. The van der Waals surface area contributed by atoms with E-state index in [9.17, 15) is 10.2 Å². The van der Waals surface area contributed by atoms with Gasteiger partial charge < -0.3 is 19.7 Å². The van der Waals surface area contributed by atoms with Crippen molar-refractivity contribution in [1.29, 1.82) is 0 Å². The summed E-state index contributed by atoms with van der Waals surface area (Å²) in [4.78, 5) is 0. The largest absolute Gasteiger partial charge is 0.465 e. The van der Waals surface area contributed by atoms with Crippen LogP contribution in [0.3, 0.4) is 0 Å². The highest BCUT2D eigenvalue weighted by Gasteiger charge is 2.09. The summed E-state index contributed by atoms with van der Waals surface area (Å²) in [7, 11) is 0. The maximum Gasteiger partial charge on any atom is 0.197 e. The second-order valence-electron chi connectivity index (χ2n) is 6.28. The number of hydrogen-bond donors (Lipinski definition) is 2. The molecular formula is C21H28O4. The molecule has 2 aromatic rings. The molecule has 0 spiro atoms. The Hall–Kier alpha value is -2.04. The summed E-state index contributed by atoms with van der Waals surface area (Å²) in [5.74, 6) is 1.72. The number of aliphatic hydroxyl groups excluding tert-OH is 2. The van der Waals surface area contributed by atoms with Gasteiger partial charge in [-0.25, -0.2) is 0 Å². The molecule has 2 aromatic carbocycles. The molecule has 0 fully saturated rings. The minimum atomic E-state index is -0.754. The Kier molecular flexibility index (Phi) is 7.29. The molecule has 4 nitrogen and oxygen atoms in total. The Morgan fingerprint density at radius 3 is 1.64 bits per heavy atom. The van der Waals surface area contributed by atoms with Crippen molar-refractivity contribution in [2.45, 2.75) is 58.5 Å². The molecule has 0 bridgehead atoms. The fraction of sp³-hybridized carbons (Fsp3) is 0.429. The molecule has 0 saturated heterocycles. The Labute approximate surface area is 150 Å². The minimum Gasteiger partial charge on any atom is -0.465 e. The summed E-state index contributed by atoms with van der Waals surface area (Å²) >= 11 is 0. The average Bonchev–Trinajstić information content (AvgIpc) is 2.63. The molecule has 0 aliphatic carbocycles. The van der Waals surface area contributed by atoms with E-state index in [-0.39, 0.29) is 0 Å². The van der Waals surface area contributed by atoms with Gasteiger partial charge in [0.15, 0.2) is 12.6 Å². The lowest BCUT2D eigenvalue weighted by atomic mass is 9.94. The van der Waals surface area contributed by atoms with E-state index in [0.717, 1.165) is 6.42 Å². The van der Waals surface area contributed by atoms with Gasteiger partial charge in [0, 0.05) is 12.8 Å². The highest BCUT2D eigenvalue weighted by atomic mass is 16.6. The number of rotatable bonds is 9. The van der Waals surface area contributed by atoms with Crippen molar-refractivity contribution < 1.29 is 19.7 Å². The van der Waals surface area contributed by atoms with Gasteiger partial charge >= 0.3 is 0 Å². The Balaban J connectivity index is 1.93. The third kappa shape index (κ3) is 6.07. The summed E-state index contributed by atoms with van der Waals surface area (Å²) in [5, 5.41) is 19.0. The van der Waals surface area contributed by atoms with Crippen LogP contribution in [-0.2, 0) is 6.42 Å². The molecule has 0 aromatic heterocycles. The molecule has 2 N–H and O–H groups in total. The summed E-state index contributed by atoms with van der Waals surface area (Å²) in [6.07, 6.45) is 0.530. The van der Waals surface area contributed by atoms with Crippen LogP contribution in [0.15, 0.2) is 48.5 Å². The van der Waals surface area contributed by atoms with E-state index in [1.54, 1.807) is 0 Å². The first-order chi connectivity index (χ1) is 12.0. The third-order valence-corrected chi connectivity index (χ3v) is 4.16. The van der Waals surface area contributed by atoms with Gasteiger partial charge in [-0.3, -0.25) is 0 Å². The first-order valence-electron chi connectivity index (χ1n) is 8.90. The van der Waals surface area contributed by atoms with Crippen LogP contribution in [-0.4, -0.2) is 22.8 Å². The van der Waals surface area contributed by atoms with Crippen molar-refractivity contribution in [3.8, 4) is 11.5 Å². The molecule has 0 aliphatic heterocycles. The molecule has 4 heteroatoms. The van der Waals surface area contributed by atoms with Crippen molar-refractivity contribution in [2.24, 2.45) is 0 Å². The molecule has 0 radical (unpaired) electrons. The Morgan fingerprint density at radius 2 is 1.20 bits per heavy atom. The highest BCUT2D eigenvalue weighted by molar-refractivity contribution is 5.32. The Morgan fingerprint density at radius 1 is 0.760 bits per heavy atom. The normalized spacial score (nSPS) is 14.6. The maximum atomic E-state index is 9.53. The van der Waals surface area contributed by atoms with Gasteiger partial charge in [-0.05, 0) is 47.7 Å². The van der Waals surface area contributed by atoms with Crippen LogP contribution < -0.4 is 9.47 Å². The van der Waals surface area contributed by atoms with Crippen molar-refractivity contribution in [3.63, 3.8) is 0 Å². The zero-order valence-electron chi connectivity index (χ0n) is 15.2. The summed E-state index contributed by atoms with van der Waals surface area (Å²) in [6.45, 7) is 5.93. The Bertz CT molecular complexity index is 621. The van der Waals surface area contributed by atoms with Gasteiger partial charge in [-0.1, -0.05) is 45.0 Å². The maximum absolute atomic E-state index is 9.53. The first kappa shape index (κ1) is 19.3. The van der Waals surface area contributed by atoms with Crippen LogP contribution >= 0.6 is 0 Å². The molecule has 25 heavy (non-hydrogen) atoms. The number of ether oxygens (including phenoxy) is 2. The van der Waals surface area contributed by atoms with E-state index in [0.29, 0.717) is 30.3 Å². The van der Waals surface area contributed by atoms with E-state index in [1.807, 2.05) is 62.4 Å². The van der Waals surface area contributed by atoms with Gasteiger partial charge in [-0.2, -0.15) is 0 Å². The van der Waals surface area contributed by atoms with E-state index in [4.69, 9.17) is 9.47 Å². The van der Waals surface area contributed by atoms with Crippen molar-refractivity contribution >= 4 is 0 Å². The smallest absolute Gasteiger partial charge is 0.197 e. The predicted octanol–water partition coefficient (Wildman–Crippen LogP) is 4.25. The third-order valence-electron chi connectivity index (χ3n) is 4.16. The SMILES string of the molecule is CCC(O)Oc1ccc(CC(C)c2ccc(OC(O)CC)cc2)cc1. The van der Waals surface area contributed by atoms with Crippen molar-refractivity contribution in [3.05, 3.63) is 59.7 Å². The predicted molar refractivity (Wildman–Crippen MR) is 98.9 cm³/mol. The molecule has 136 valence electrons. The molecule has 2 rings (SSSR count). The molecule has 0 aliphatic rings. The van der Waals surface area contributed by atoms with Crippen LogP contribution in [0.2, 0.25) is 0 Å². The second kappa shape index (κ2) is 9.44. The van der Waals surface area contributed by atoms with Crippen LogP contribution in [0.25, 0.3) is 0 Å². The van der Waals surface area contributed by atoms with Crippen molar-refractivity contribution in [1.82, 2.24) is 0 Å². The van der Waals surface area contributed by atoms with Crippen LogP contribution in [0, 0.1) is 0 Å². The van der Waals surface area contributed by atoms with E-state index in [1.165, 1.54) is 11.1 Å². The molecule has 0 amide bonds. The molecule has 3 unspecified atom stereocenters. The topological polar surface area (TPSA) is 58.9 Å². The lowest BCUT2D eigenvalue weighted by Crippen LogP contribution is -2.13. The lowest BCUT2D eigenvalue weighted by molar-refractivity contribution is -0.0196. The second-order valence-corrected chi connectivity index (χ2v) is 6.28. The average molecular weight is 344 g/mol. The van der Waals surface area contributed by atoms with E-state index < -0.39 is 12.6 Å². The molecule has 3 atom stereocenters. The minimum absolute atomic E-state index is 0.359. The quantitative estimate of drug-likeness (QED) is 0.668. The van der Waals surface area contributed by atoms with Crippen LogP contribution in [0.5, 0.6) is 11.5 Å². The van der Waals surface area contributed by atoms with Gasteiger partial charge in [0.25, 0.3) is 0 Å². The number of benzene rings is 2. The first-order valence-corrected chi connectivity index (χ1v) is 8.90. The standard InChI is InChI=1S/C21H28O4/c1-4-20(22)24-18-10-6-16(7-11-18)14-15(3)17-8-12-19(13-9-17)25-21(23)5-2/h6-13,15,20-23H,4-5,14H2,1-3H3. The number of aliphatic hydroxyl groups is 2. The van der Waals surface area contributed by atoms with Crippen LogP contribution in [0.1, 0.15) is 50.7 Å². The zero-order chi connectivity index (χ0) is 18.2. The summed E-state index contributed by atoms with van der Waals surface area (Å²) in [6, 6.07) is 15.7. The van der Waals surface area contributed by atoms with Gasteiger partial charge in [0.1, 0.15) is 11.5 Å². The monoisotopic (exact) mass is 344 g/mol. The van der Waals surface area contributed by atoms with E-state index in [2.05, 4.69) is 6.92 Å². The van der Waals surface area contributed by atoms with Crippen LogP contribution in [0.4, 0.5) is 0 Å². The highest BCUT2D eigenvalue weighted by Crippen LogP contribution is 2.24. The van der Waals surface area contributed by atoms with Gasteiger partial charge in [0.2, 0.25) is 0 Å². The molecular weight excluding hydrogens is 316 g/mol. The summed E-state index contributed by atoms with van der Waals surface area (Å²) < 4.78 is 10.8.